The number of hydrogen-bond acceptors (Lipinski definition) is 3. The first kappa shape index (κ1) is 28.6. The molecule has 0 saturated carbocycles. The van der Waals surface area contributed by atoms with Gasteiger partial charge in [0.05, 0.1) is 17.2 Å². The maximum Gasteiger partial charge on any atom is 0.341 e. The summed E-state index contributed by atoms with van der Waals surface area (Å²) in [4.78, 5) is 11.3. The predicted molar refractivity (Wildman–Crippen MR) is 148 cm³/mol. The maximum atomic E-state index is 11.3. The monoisotopic (exact) mass is 532 g/mol. The quantitative estimate of drug-likeness (QED) is 0.328. The molecule has 0 bridgehead atoms. The molecule has 1 aliphatic heterocycles. The van der Waals surface area contributed by atoms with E-state index in [4.69, 9.17) is 32.7 Å². The Morgan fingerprint density at radius 3 is 2.53 bits per heavy atom. The summed E-state index contributed by atoms with van der Waals surface area (Å²) in [7, 11) is 0. The zero-order valence-electron chi connectivity index (χ0n) is 21.9. The lowest BCUT2D eigenvalue weighted by atomic mass is 9.74. The number of benzene rings is 2. The number of rotatable bonds is 9. The molecule has 36 heavy (non-hydrogen) atoms. The van der Waals surface area contributed by atoms with Crippen molar-refractivity contribution in [1.29, 1.82) is 0 Å². The molecule has 1 saturated heterocycles. The second-order valence-electron chi connectivity index (χ2n) is 10.9. The van der Waals surface area contributed by atoms with E-state index in [9.17, 15) is 9.90 Å². The summed E-state index contributed by atoms with van der Waals surface area (Å²) >= 11 is 13.1. The molecule has 3 rings (SSSR count). The number of aliphatic carboxylic acids is 1. The van der Waals surface area contributed by atoms with Gasteiger partial charge in [0.15, 0.2) is 6.61 Å². The van der Waals surface area contributed by atoms with Crippen LogP contribution in [-0.4, -0.2) is 23.8 Å². The Hall–Kier alpha value is -2.01. The zero-order chi connectivity index (χ0) is 26.6. The molecule has 1 fully saturated rings. The highest BCUT2D eigenvalue weighted by molar-refractivity contribution is 6.32. The van der Waals surface area contributed by atoms with Gasteiger partial charge in [0.1, 0.15) is 5.75 Å². The van der Waals surface area contributed by atoms with Crippen LogP contribution in [0.15, 0.2) is 48.6 Å². The van der Waals surface area contributed by atoms with Gasteiger partial charge in [-0.15, -0.1) is 0 Å². The average Bonchev–Trinajstić information content (AvgIpc) is 2.80. The summed E-state index contributed by atoms with van der Waals surface area (Å²) in [5.74, 6) is -0.526. The van der Waals surface area contributed by atoms with Gasteiger partial charge in [-0.1, -0.05) is 88.0 Å². The molecule has 1 N–H and O–H groups in total. The van der Waals surface area contributed by atoms with Gasteiger partial charge >= 0.3 is 5.97 Å². The molecular formula is C30H38Cl2O4. The fourth-order valence-corrected chi connectivity index (χ4v) is 5.46. The Balaban J connectivity index is 2.13. The van der Waals surface area contributed by atoms with Gasteiger partial charge in [0.2, 0.25) is 0 Å². The largest absolute Gasteiger partial charge is 0.480 e. The molecule has 4 atom stereocenters. The van der Waals surface area contributed by atoms with Crippen molar-refractivity contribution in [3.05, 3.63) is 75.3 Å². The summed E-state index contributed by atoms with van der Waals surface area (Å²) in [6.07, 6.45) is 3.46. The Bertz CT molecular complexity index is 1090. The highest BCUT2D eigenvalue weighted by Crippen LogP contribution is 2.51. The summed E-state index contributed by atoms with van der Waals surface area (Å²) in [5.41, 5.74) is 3.82. The molecule has 0 aromatic heterocycles. The maximum absolute atomic E-state index is 11.3. The van der Waals surface area contributed by atoms with Crippen molar-refractivity contribution < 1.29 is 19.4 Å². The van der Waals surface area contributed by atoms with Gasteiger partial charge in [-0.2, -0.15) is 0 Å². The molecule has 0 amide bonds. The number of hydrogen-bond donors (Lipinski definition) is 1. The van der Waals surface area contributed by atoms with E-state index in [1.54, 1.807) is 0 Å². The van der Waals surface area contributed by atoms with E-state index >= 15 is 0 Å². The summed E-state index contributed by atoms with van der Waals surface area (Å²) in [6, 6.07) is 12.0. The van der Waals surface area contributed by atoms with Gasteiger partial charge in [-0.25, -0.2) is 4.79 Å². The molecule has 0 spiro atoms. The molecule has 4 nitrogen and oxygen atoms in total. The van der Waals surface area contributed by atoms with Gasteiger partial charge in [0.25, 0.3) is 0 Å². The Morgan fingerprint density at radius 1 is 1.22 bits per heavy atom. The Kier molecular flexibility index (Phi) is 9.54. The minimum Gasteiger partial charge on any atom is -0.480 e. The normalized spacial score (nSPS) is 22.3. The van der Waals surface area contributed by atoms with Gasteiger partial charge in [-0.3, -0.25) is 0 Å². The van der Waals surface area contributed by atoms with Crippen LogP contribution in [0.3, 0.4) is 0 Å². The highest BCUT2D eigenvalue weighted by atomic mass is 35.5. The number of carboxylic acids is 1. The highest BCUT2D eigenvalue weighted by Gasteiger charge is 2.41. The van der Waals surface area contributed by atoms with Gasteiger partial charge in [-0.05, 0) is 60.6 Å². The van der Waals surface area contributed by atoms with E-state index in [-0.39, 0.29) is 29.5 Å². The van der Waals surface area contributed by atoms with Crippen LogP contribution < -0.4 is 4.74 Å². The number of unbranched alkanes of at least 4 members (excludes halogenated alkanes) is 1. The first-order chi connectivity index (χ1) is 16.9. The fraction of sp³-hybridized carbons (Fsp3) is 0.500. The van der Waals surface area contributed by atoms with Crippen LogP contribution >= 0.6 is 23.2 Å². The van der Waals surface area contributed by atoms with Crippen molar-refractivity contribution in [2.75, 3.05) is 6.61 Å². The van der Waals surface area contributed by atoms with E-state index in [1.165, 1.54) is 0 Å². The van der Waals surface area contributed by atoms with Crippen molar-refractivity contribution in [3.63, 3.8) is 0 Å². The summed E-state index contributed by atoms with van der Waals surface area (Å²) in [6.45, 7) is 14.4. The molecule has 2 aromatic carbocycles. The van der Waals surface area contributed by atoms with E-state index in [0.717, 1.165) is 47.9 Å². The predicted octanol–water partition coefficient (Wildman–Crippen LogP) is 8.75. The van der Waals surface area contributed by atoms with Gasteiger partial charge in [0, 0.05) is 22.4 Å². The number of carbonyl (C=O) groups is 1. The lowest BCUT2D eigenvalue weighted by molar-refractivity contribution is -0.139. The van der Waals surface area contributed by atoms with Crippen LogP contribution in [0.1, 0.15) is 89.0 Å². The molecule has 196 valence electrons. The van der Waals surface area contributed by atoms with Crippen molar-refractivity contribution in [3.8, 4) is 5.75 Å². The molecular weight excluding hydrogens is 495 g/mol. The molecule has 6 heteroatoms. The van der Waals surface area contributed by atoms with Crippen LogP contribution in [-0.2, 0) is 14.9 Å². The minimum absolute atomic E-state index is 0.00896. The van der Waals surface area contributed by atoms with Crippen LogP contribution in [0.2, 0.25) is 10.0 Å². The SMILES string of the molecule is C=C(C)[C@@H]1C[C@@H](c2cccc(Cl)c2)[C@@H](CCCC)O[C@H]1c1cc(C(C)(C)C)cc(Cl)c1OCC(=O)O. The topological polar surface area (TPSA) is 55.8 Å². The number of halogens is 2. The second-order valence-corrected chi connectivity index (χ2v) is 11.7. The fourth-order valence-electron chi connectivity index (χ4n) is 4.98. The smallest absolute Gasteiger partial charge is 0.341 e. The van der Waals surface area contributed by atoms with Crippen molar-refractivity contribution in [2.45, 2.75) is 83.8 Å². The standard InChI is InChI=1S/C30H38Cl2O4/c1-7-8-12-26-23(19-10-9-11-21(31)13-19)16-22(18(2)3)28(36-26)24-14-20(30(4,5)6)15-25(32)29(24)35-17-27(33)34/h9-11,13-15,22-23,26,28H,2,7-8,12,16-17H2,1,3-6H3,(H,33,34)/t22-,23-,26+,28+/m0/s1. The van der Waals surface area contributed by atoms with Crippen molar-refractivity contribution in [2.24, 2.45) is 5.92 Å². The average molecular weight is 534 g/mol. The zero-order valence-corrected chi connectivity index (χ0v) is 23.5. The third-order valence-corrected chi connectivity index (χ3v) is 7.50. The van der Waals surface area contributed by atoms with Crippen LogP contribution in [0.25, 0.3) is 0 Å². The number of carboxylic acid groups (broad SMARTS) is 1. The van der Waals surface area contributed by atoms with E-state index < -0.39 is 12.6 Å². The van der Waals surface area contributed by atoms with Crippen molar-refractivity contribution in [1.82, 2.24) is 0 Å². The molecule has 1 heterocycles. The van der Waals surface area contributed by atoms with Crippen LogP contribution in [0.5, 0.6) is 5.75 Å². The molecule has 0 unspecified atom stereocenters. The summed E-state index contributed by atoms with van der Waals surface area (Å²) < 4.78 is 12.7. The lowest BCUT2D eigenvalue weighted by Crippen LogP contribution is -2.36. The van der Waals surface area contributed by atoms with Gasteiger partial charge < -0.3 is 14.6 Å². The molecule has 0 aliphatic carbocycles. The summed E-state index contributed by atoms with van der Waals surface area (Å²) in [5, 5.41) is 10.4. The third kappa shape index (κ3) is 6.85. The Labute approximate surface area is 225 Å². The van der Waals surface area contributed by atoms with Crippen LogP contribution in [0.4, 0.5) is 0 Å². The number of ether oxygens (including phenoxy) is 2. The van der Waals surface area contributed by atoms with E-state index in [2.05, 4.69) is 46.4 Å². The first-order valence-electron chi connectivity index (χ1n) is 12.7. The minimum atomic E-state index is -1.06. The van der Waals surface area contributed by atoms with Crippen LogP contribution in [0, 0.1) is 5.92 Å². The molecule has 1 aliphatic rings. The Morgan fingerprint density at radius 2 is 1.94 bits per heavy atom. The van der Waals surface area contributed by atoms with E-state index in [0.29, 0.717) is 15.8 Å². The third-order valence-electron chi connectivity index (χ3n) is 6.98. The second kappa shape index (κ2) is 12.0. The molecule has 0 radical (unpaired) electrons. The van der Waals surface area contributed by atoms with Crippen molar-refractivity contribution >= 4 is 29.2 Å². The molecule has 2 aromatic rings. The van der Waals surface area contributed by atoms with E-state index in [1.807, 2.05) is 31.2 Å². The first-order valence-corrected chi connectivity index (χ1v) is 13.4. The lowest BCUT2D eigenvalue weighted by Gasteiger charge is -2.43.